The minimum Gasteiger partial charge on any atom is -0.481 e. The predicted molar refractivity (Wildman–Crippen MR) is 90.5 cm³/mol. The topological polar surface area (TPSA) is 106 Å². The molecule has 0 spiro atoms. The summed E-state index contributed by atoms with van der Waals surface area (Å²) in [6.45, 7) is 1.74. The van der Waals surface area contributed by atoms with Crippen LogP contribution in [0.5, 0.6) is 5.88 Å². The highest BCUT2D eigenvalue weighted by Gasteiger charge is 2.38. The smallest absolute Gasteiger partial charge is 0.258 e. The van der Waals surface area contributed by atoms with Gasteiger partial charge in [0.15, 0.2) is 5.03 Å². The zero-order chi connectivity index (χ0) is 18.2. The maximum Gasteiger partial charge on any atom is 0.258 e. The summed E-state index contributed by atoms with van der Waals surface area (Å²) in [6, 6.07) is 4.54. The molecule has 9 heteroatoms. The fraction of sp³-hybridized carbons (Fsp3) is 0.500. The molecule has 0 bridgehead atoms. The molecule has 0 aromatic carbocycles. The third-order valence-electron chi connectivity index (χ3n) is 4.47. The van der Waals surface area contributed by atoms with E-state index in [1.165, 1.54) is 17.9 Å². The molecule has 1 fully saturated rings. The largest absolute Gasteiger partial charge is 0.481 e. The number of hydrogen-bond acceptors (Lipinski definition) is 6. The van der Waals surface area contributed by atoms with Gasteiger partial charge in [-0.05, 0) is 37.3 Å². The van der Waals surface area contributed by atoms with Crippen molar-refractivity contribution in [1.82, 2.24) is 19.5 Å². The van der Waals surface area contributed by atoms with Crippen molar-refractivity contribution in [3.05, 3.63) is 35.7 Å². The average Bonchev–Trinajstić information content (AvgIpc) is 2.89. The van der Waals surface area contributed by atoms with Gasteiger partial charge in [0.25, 0.3) is 10.0 Å². The molecule has 2 aromatic rings. The number of methoxy groups -OCH3 is 1. The lowest BCUT2D eigenvalue weighted by Crippen LogP contribution is -2.41. The Kier molecular flexibility index (Phi) is 4.81. The van der Waals surface area contributed by atoms with Gasteiger partial charge in [-0.2, -0.15) is 5.10 Å². The van der Waals surface area contributed by atoms with Gasteiger partial charge in [-0.25, -0.2) is 18.1 Å². The Bertz CT molecular complexity index is 842. The highest BCUT2D eigenvalue weighted by Crippen LogP contribution is 2.39. The first-order valence-electron chi connectivity index (χ1n) is 8.01. The van der Waals surface area contributed by atoms with Gasteiger partial charge in [-0.3, -0.25) is 4.68 Å². The molecule has 136 valence electrons. The minimum atomic E-state index is -3.76. The third-order valence-corrected chi connectivity index (χ3v) is 5.96. The van der Waals surface area contributed by atoms with Gasteiger partial charge in [-0.15, -0.1) is 0 Å². The Balaban J connectivity index is 1.90. The predicted octanol–water partition coefficient (Wildman–Crippen LogP) is 0.923. The van der Waals surface area contributed by atoms with Crippen LogP contribution in [0.25, 0.3) is 0 Å². The lowest BCUT2D eigenvalue weighted by molar-refractivity contribution is 0.0279. The maximum absolute atomic E-state index is 12.8. The SMILES string of the molecule is COc1ccc([C@H](NS(=O)(=O)c2cc(C)nn2C)C2CC(O)C2)cn1. The normalized spacial score (nSPS) is 21.6. The highest BCUT2D eigenvalue weighted by molar-refractivity contribution is 7.89. The van der Waals surface area contributed by atoms with Gasteiger partial charge >= 0.3 is 0 Å². The van der Waals surface area contributed by atoms with Crippen LogP contribution < -0.4 is 9.46 Å². The molecule has 0 radical (unpaired) electrons. The molecule has 0 amide bonds. The number of nitrogens with one attached hydrogen (secondary N) is 1. The van der Waals surface area contributed by atoms with Crippen LogP contribution >= 0.6 is 0 Å². The molecule has 2 aromatic heterocycles. The first-order chi connectivity index (χ1) is 11.8. The van der Waals surface area contributed by atoms with E-state index in [1.807, 2.05) is 0 Å². The van der Waals surface area contributed by atoms with Crippen LogP contribution in [0.3, 0.4) is 0 Å². The first kappa shape index (κ1) is 17.8. The lowest BCUT2D eigenvalue weighted by Gasteiger charge is -2.37. The van der Waals surface area contributed by atoms with Crippen LogP contribution in [-0.4, -0.2) is 41.5 Å². The standard InChI is InChI=1S/C16H22N4O4S/c1-10-6-15(20(2)18-10)25(22,23)19-16(12-7-13(21)8-12)11-4-5-14(24-3)17-9-11/h4-6,9,12-13,16,19,21H,7-8H2,1-3H3/t12?,13?,16-/m0/s1. The van der Waals surface area contributed by atoms with Crippen LogP contribution in [-0.2, 0) is 17.1 Å². The molecular formula is C16H22N4O4S. The van der Waals surface area contributed by atoms with Gasteiger partial charge in [0.1, 0.15) is 0 Å². The van der Waals surface area contributed by atoms with E-state index in [4.69, 9.17) is 4.74 Å². The quantitative estimate of drug-likeness (QED) is 0.787. The number of aliphatic hydroxyl groups excluding tert-OH is 1. The minimum absolute atomic E-state index is 0.00861. The van der Waals surface area contributed by atoms with Gasteiger partial charge in [0.05, 0.1) is 24.9 Å². The molecule has 1 saturated carbocycles. The third kappa shape index (κ3) is 3.68. The van der Waals surface area contributed by atoms with Crippen molar-refractivity contribution in [2.45, 2.75) is 36.9 Å². The van der Waals surface area contributed by atoms with Crippen molar-refractivity contribution in [3.8, 4) is 5.88 Å². The Labute approximate surface area is 146 Å². The maximum atomic E-state index is 12.8. The van der Waals surface area contributed by atoms with Crippen LogP contribution in [0, 0.1) is 12.8 Å². The van der Waals surface area contributed by atoms with Crippen LogP contribution in [0.1, 0.15) is 30.1 Å². The van der Waals surface area contributed by atoms with Gasteiger partial charge in [-0.1, -0.05) is 6.07 Å². The number of aromatic nitrogens is 3. The molecule has 1 aliphatic rings. The van der Waals surface area contributed by atoms with Gasteiger partial charge in [0.2, 0.25) is 5.88 Å². The number of aliphatic hydroxyl groups is 1. The van der Waals surface area contributed by atoms with Crippen molar-refractivity contribution < 1.29 is 18.3 Å². The fourth-order valence-corrected chi connectivity index (χ4v) is 4.60. The second-order valence-corrected chi connectivity index (χ2v) is 8.03. The summed E-state index contributed by atoms with van der Waals surface area (Å²) in [6.07, 6.45) is 2.31. The van der Waals surface area contributed by atoms with E-state index < -0.39 is 16.1 Å². The van der Waals surface area contributed by atoms with Crippen molar-refractivity contribution in [2.75, 3.05) is 7.11 Å². The second-order valence-electron chi connectivity index (χ2n) is 6.37. The second kappa shape index (κ2) is 6.74. The summed E-state index contributed by atoms with van der Waals surface area (Å²) in [7, 11) is -0.643. The molecule has 2 N–H and O–H groups in total. The summed E-state index contributed by atoms with van der Waals surface area (Å²) < 4.78 is 34.8. The van der Waals surface area contributed by atoms with Crippen LogP contribution in [0.2, 0.25) is 0 Å². The lowest BCUT2D eigenvalue weighted by atomic mass is 9.76. The van der Waals surface area contributed by atoms with Crippen molar-refractivity contribution in [3.63, 3.8) is 0 Å². The number of nitrogens with zero attached hydrogens (tertiary/aromatic N) is 3. The monoisotopic (exact) mass is 366 g/mol. The van der Waals surface area contributed by atoms with E-state index in [2.05, 4.69) is 14.8 Å². The summed E-state index contributed by atoms with van der Waals surface area (Å²) in [5.74, 6) is 0.468. The molecule has 0 unspecified atom stereocenters. The Morgan fingerprint density at radius 3 is 2.60 bits per heavy atom. The zero-order valence-electron chi connectivity index (χ0n) is 14.4. The zero-order valence-corrected chi connectivity index (χ0v) is 15.2. The molecule has 8 nitrogen and oxygen atoms in total. The molecule has 0 aliphatic heterocycles. The molecular weight excluding hydrogens is 344 g/mol. The van der Waals surface area contributed by atoms with Crippen molar-refractivity contribution >= 4 is 10.0 Å². The molecule has 0 saturated heterocycles. The molecule has 2 heterocycles. The molecule has 1 aliphatic carbocycles. The van der Waals surface area contributed by atoms with E-state index in [0.29, 0.717) is 24.4 Å². The number of rotatable bonds is 6. The fourth-order valence-electron chi connectivity index (χ4n) is 3.10. The summed E-state index contributed by atoms with van der Waals surface area (Å²) >= 11 is 0. The number of ether oxygens (including phenoxy) is 1. The van der Waals surface area contributed by atoms with Crippen LogP contribution in [0.15, 0.2) is 29.4 Å². The van der Waals surface area contributed by atoms with E-state index in [-0.39, 0.29) is 17.0 Å². The Morgan fingerprint density at radius 1 is 1.40 bits per heavy atom. The van der Waals surface area contributed by atoms with E-state index >= 15 is 0 Å². The number of pyridine rings is 1. The van der Waals surface area contributed by atoms with Crippen LogP contribution in [0.4, 0.5) is 0 Å². The van der Waals surface area contributed by atoms with Gasteiger partial charge in [0, 0.05) is 19.3 Å². The Hall–Kier alpha value is -1.97. The van der Waals surface area contributed by atoms with Crippen molar-refractivity contribution in [2.24, 2.45) is 13.0 Å². The number of sulfonamides is 1. The van der Waals surface area contributed by atoms with E-state index in [9.17, 15) is 13.5 Å². The molecule has 3 rings (SSSR count). The molecule has 25 heavy (non-hydrogen) atoms. The summed E-state index contributed by atoms with van der Waals surface area (Å²) in [4.78, 5) is 4.17. The van der Waals surface area contributed by atoms with Gasteiger partial charge < -0.3 is 9.84 Å². The summed E-state index contributed by atoms with van der Waals surface area (Å²) in [5, 5.41) is 13.8. The summed E-state index contributed by atoms with van der Waals surface area (Å²) in [5.41, 5.74) is 1.37. The van der Waals surface area contributed by atoms with E-state index in [1.54, 1.807) is 32.3 Å². The highest BCUT2D eigenvalue weighted by atomic mass is 32.2. The number of aryl methyl sites for hydroxylation is 2. The van der Waals surface area contributed by atoms with Crippen molar-refractivity contribution in [1.29, 1.82) is 0 Å². The number of hydrogen-bond donors (Lipinski definition) is 2. The van der Waals surface area contributed by atoms with E-state index in [0.717, 1.165) is 5.56 Å². The first-order valence-corrected chi connectivity index (χ1v) is 9.49. The average molecular weight is 366 g/mol. The molecule has 1 atom stereocenters. The Morgan fingerprint density at radius 2 is 2.12 bits per heavy atom.